The molecule has 0 saturated heterocycles. The van der Waals surface area contributed by atoms with E-state index in [1.54, 1.807) is 0 Å². The fourth-order valence-corrected chi connectivity index (χ4v) is 2.48. The normalized spacial score (nSPS) is 10.4. The molecule has 0 bridgehead atoms. The van der Waals surface area contributed by atoms with E-state index in [1.165, 1.54) is 11.8 Å². The van der Waals surface area contributed by atoms with Gasteiger partial charge in [-0.05, 0) is 32.0 Å². The molecule has 0 aliphatic heterocycles. The van der Waals surface area contributed by atoms with Gasteiger partial charge < -0.3 is 4.74 Å². The van der Waals surface area contributed by atoms with E-state index in [0.717, 1.165) is 33.3 Å². The van der Waals surface area contributed by atoms with Crippen molar-refractivity contribution in [1.82, 2.24) is 9.97 Å². The SMILES string of the molecule is CCOc1ccc2nc(SCCC#N)nc(C)c2c1. The highest BCUT2D eigenvalue weighted by molar-refractivity contribution is 7.99. The summed E-state index contributed by atoms with van der Waals surface area (Å²) >= 11 is 1.51. The zero-order valence-corrected chi connectivity index (χ0v) is 11.8. The third-order valence-electron chi connectivity index (χ3n) is 2.59. The van der Waals surface area contributed by atoms with Gasteiger partial charge >= 0.3 is 0 Å². The Bertz CT molecular complexity index is 622. The Balaban J connectivity index is 2.31. The molecule has 0 aliphatic carbocycles. The molecular formula is C14H15N3OS. The van der Waals surface area contributed by atoms with Crippen LogP contribution in [0.2, 0.25) is 0 Å². The third-order valence-corrected chi connectivity index (χ3v) is 3.44. The molecule has 0 fully saturated rings. The Morgan fingerprint density at radius 2 is 2.21 bits per heavy atom. The van der Waals surface area contributed by atoms with Crippen LogP contribution in [0.15, 0.2) is 23.4 Å². The standard InChI is InChI=1S/C14H15N3OS/c1-3-18-11-5-6-13-12(9-11)10(2)16-14(17-13)19-8-4-7-15/h5-6,9H,3-4,8H2,1-2H3. The molecule has 4 nitrogen and oxygen atoms in total. The number of fused-ring (bicyclic) bond motifs is 1. The summed E-state index contributed by atoms with van der Waals surface area (Å²) in [6.07, 6.45) is 0.508. The maximum atomic E-state index is 8.53. The summed E-state index contributed by atoms with van der Waals surface area (Å²) in [7, 11) is 0. The van der Waals surface area contributed by atoms with Crippen LogP contribution in [0.25, 0.3) is 10.9 Å². The van der Waals surface area contributed by atoms with Crippen molar-refractivity contribution >= 4 is 22.7 Å². The van der Waals surface area contributed by atoms with Crippen molar-refractivity contribution in [3.05, 3.63) is 23.9 Å². The molecule has 2 rings (SSSR count). The fraction of sp³-hybridized carbons (Fsp3) is 0.357. The fourth-order valence-electron chi connectivity index (χ4n) is 1.74. The molecule has 2 aromatic rings. The molecule has 0 N–H and O–H groups in total. The van der Waals surface area contributed by atoms with Crippen LogP contribution in [-0.4, -0.2) is 22.3 Å². The molecule has 19 heavy (non-hydrogen) atoms. The zero-order valence-electron chi connectivity index (χ0n) is 11.0. The van der Waals surface area contributed by atoms with Crippen LogP contribution in [-0.2, 0) is 0 Å². The second-order valence-electron chi connectivity index (χ2n) is 3.96. The van der Waals surface area contributed by atoms with Crippen molar-refractivity contribution in [2.75, 3.05) is 12.4 Å². The van der Waals surface area contributed by atoms with E-state index in [2.05, 4.69) is 16.0 Å². The van der Waals surface area contributed by atoms with Gasteiger partial charge in [0.1, 0.15) is 5.75 Å². The molecule has 1 heterocycles. The first-order valence-corrected chi connectivity index (χ1v) is 7.14. The van der Waals surface area contributed by atoms with Crippen LogP contribution in [0, 0.1) is 18.3 Å². The van der Waals surface area contributed by atoms with E-state index in [0.29, 0.717) is 13.0 Å². The molecule has 0 saturated carbocycles. The van der Waals surface area contributed by atoms with Gasteiger partial charge in [0.25, 0.3) is 0 Å². The van der Waals surface area contributed by atoms with Gasteiger partial charge in [-0.15, -0.1) is 0 Å². The van der Waals surface area contributed by atoms with Gasteiger partial charge in [0.05, 0.1) is 18.2 Å². The van der Waals surface area contributed by atoms with E-state index in [9.17, 15) is 0 Å². The summed E-state index contributed by atoms with van der Waals surface area (Å²) in [4.78, 5) is 8.96. The number of nitrogens with zero attached hydrogens (tertiary/aromatic N) is 3. The summed E-state index contributed by atoms with van der Waals surface area (Å²) in [5, 5.41) is 10.3. The largest absolute Gasteiger partial charge is 0.494 e. The van der Waals surface area contributed by atoms with Crippen LogP contribution in [0.5, 0.6) is 5.75 Å². The van der Waals surface area contributed by atoms with Gasteiger partial charge in [-0.2, -0.15) is 5.26 Å². The summed E-state index contributed by atoms with van der Waals surface area (Å²) in [5.41, 5.74) is 1.85. The van der Waals surface area contributed by atoms with Gasteiger partial charge in [0.2, 0.25) is 0 Å². The first-order valence-electron chi connectivity index (χ1n) is 6.15. The van der Waals surface area contributed by atoms with Gasteiger partial charge in [0, 0.05) is 23.3 Å². The van der Waals surface area contributed by atoms with Gasteiger partial charge in [-0.3, -0.25) is 0 Å². The Hall–Kier alpha value is -1.80. The number of hydrogen-bond donors (Lipinski definition) is 0. The minimum Gasteiger partial charge on any atom is -0.494 e. The number of rotatable bonds is 5. The molecule has 0 unspecified atom stereocenters. The zero-order chi connectivity index (χ0) is 13.7. The summed E-state index contributed by atoms with van der Waals surface area (Å²) in [5.74, 6) is 1.56. The number of ether oxygens (including phenoxy) is 1. The maximum Gasteiger partial charge on any atom is 0.188 e. The molecule has 1 aromatic carbocycles. The molecule has 0 atom stereocenters. The van der Waals surface area contributed by atoms with Gasteiger partial charge in [0.15, 0.2) is 5.16 Å². The number of benzene rings is 1. The van der Waals surface area contributed by atoms with Crippen molar-refractivity contribution in [3.8, 4) is 11.8 Å². The predicted octanol–water partition coefficient (Wildman–Crippen LogP) is 3.34. The van der Waals surface area contributed by atoms with Gasteiger partial charge in [-0.25, -0.2) is 9.97 Å². The molecule has 98 valence electrons. The predicted molar refractivity (Wildman–Crippen MR) is 76.4 cm³/mol. The van der Waals surface area contributed by atoms with E-state index >= 15 is 0 Å². The minimum absolute atomic E-state index is 0.508. The Morgan fingerprint density at radius 1 is 1.37 bits per heavy atom. The van der Waals surface area contributed by atoms with Crippen molar-refractivity contribution in [3.63, 3.8) is 0 Å². The number of nitriles is 1. The lowest BCUT2D eigenvalue weighted by atomic mass is 10.2. The molecule has 0 spiro atoms. The summed E-state index contributed by atoms with van der Waals surface area (Å²) < 4.78 is 5.48. The first kappa shape index (κ1) is 13.6. The van der Waals surface area contributed by atoms with Gasteiger partial charge in [-0.1, -0.05) is 11.8 Å². The second kappa shape index (κ2) is 6.39. The molecule has 0 amide bonds. The first-order chi connectivity index (χ1) is 9.24. The number of aryl methyl sites for hydroxylation is 1. The average Bonchev–Trinajstić information content (AvgIpc) is 2.40. The van der Waals surface area contributed by atoms with Crippen molar-refractivity contribution < 1.29 is 4.74 Å². The minimum atomic E-state index is 0.508. The Labute approximate surface area is 116 Å². The quantitative estimate of drug-likeness (QED) is 0.475. The monoisotopic (exact) mass is 273 g/mol. The van der Waals surface area contributed by atoms with E-state index < -0.39 is 0 Å². The number of aromatic nitrogens is 2. The lowest BCUT2D eigenvalue weighted by molar-refractivity contribution is 0.340. The molecule has 0 aliphatic rings. The number of hydrogen-bond acceptors (Lipinski definition) is 5. The van der Waals surface area contributed by atoms with E-state index in [-0.39, 0.29) is 0 Å². The Morgan fingerprint density at radius 3 is 2.95 bits per heavy atom. The Kier molecular flexibility index (Phi) is 4.58. The molecule has 0 radical (unpaired) electrons. The van der Waals surface area contributed by atoms with Crippen LogP contribution in [0.3, 0.4) is 0 Å². The van der Waals surface area contributed by atoms with Crippen LogP contribution >= 0.6 is 11.8 Å². The van der Waals surface area contributed by atoms with E-state index in [1.807, 2.05) is 32.0 Å². The molecule has 5 heteroatoms. The highest BCUT2D eigenvalue weighted by atomic mass is 32.2. The van der Waals surface area contributed by atoms with E-state index in [4.69, 9.17) is 10.00 Å². The van der Waals surface area contributed by atoms with Crippen molar-refractivity contribution in [2.24, 2.45) is 0 Å². The topological polar surface area (TPSA) is 58.8 Å². The summed E-state index contributed by atoms with van der Waals surface area (Å²) in [6, 6.07) is 7.95. The van der Waals surface area contributed by atoms with Crippen molar-refractivity contribution in [1.29, 1.82) is 5.26 Å². The van der Waals surface area contributed by atoms with Crippen LogP contribution in [0.1, 0.15) is 19.0 Å². The average molecular weight is 273 g/mol. The summed E-state index contributed by atoms with van der Waals surface area (Å²) in [6.45, 7) is 4.57. The maximum absolute atomic E-state index is 8.53. The second-order valence-corrected chi connectivity index (χ2v) is 5.02. The smallest absolute Gasteiger partial charge is 0.188 e. The highest BCUT2D eigenvalue weighted by Gasteiger charge is 2.06. The molecule has 1 aromatic heterocycles. The number of thioether (sulfide) groups is 1. The third kappa shape index (κ3) is 3.36. The van der Waals surface area contributed by atoms with Crippen LogP contribution < -0.4 is 4.74 Å². The lowest BCUT2D eigenvalue weighted by Crippen LogP contribution is -1.96. The lowest BCUT2D eigenvalue weighted by Gasteiger charge is -2.07. The van der Waals surface area contributed by atoms with Crippen LogP contribution in [0.4, 0.5) is 0 Å². The highest BCUT2D eigenvalue weighted by Crippen LogP contribution is 2.24. The molecular weight excluding hydrogens is 258 g/mol. The van der Waals surface area contributed by atoms with Crippen molar-refractivity contribution in [2.45, 2.75) is 25.4 Å².